The van der Waals surface area contributed by atoms with Gasteiger partial charge in [0.15, 0.2) is 0 Å². The molecule has 6 nitrogen and oxygen atoms in total. The minimum absolute atomic E-state index is 0.0983. The van der Waals surface area contributed by atoms with Crippen molar-refractivity contribution < 1.29 is 9.59 Å². The van der Waals surface area contributed by atoms with Crippen LogP contribution in [0.1, 0.15) is 28.0 Å². The number of anilines is 1. The number of nitrogens with one attached hydrogen (secondary N) is 2. The Balaban J connectivity index is 1.84. The van der Waals surface area contributed by atoms with Gasteiger partial charge < -0.3 is 16.4 Å². The van der Waals surface area contributed by atoms with Crippen LogP contribution in [0.4, 0.5) is 5.69 Å². The van der Waals surface area contributed by atoms with E-state index in [4.69, 9.17) is 5.73 Å². The fourth-order valence-corrected chi connectivity index (χ4v) is 2.77. The molecule has 0 radical (unpaired) electrons. The third-order valence-corrected chi connectivity index (χ3v) is 4.08. The minimum atomic E-state index is -0.359. The van der Waals surface area contributed by atoms with E-state index in [0.29, 0.717) is 18.7 Å². The molecular formula is C16H20N4O2S. The van der Waals surface area contributed by atoms with E-state index >= 15 is 0 Å². The van der Waals surface area contributed by atoms with E-state index in [0.717, 1.165) is 22.7 Å². The molecule has 0 aliphatic heterocycles. The topological polar surface area (TPSA) is 97.1 Å². The van der Waals surface area contributed by atoms with Crippen LogP contribution in [-0.4, -0.2) is 29.9 Å². The van der Waals surface area contributed by atoms with Crippen molar-refractivity contribution in [3.05, 3.63) is 45.9 Å². The summed E-state index contributed by atoms with van der Waals surface area (Å²) in [5.41, 5.74) is 7.64. The Morgan fingerprint density at radius 1 is 1.35 bits per heavy atom. The van der Waals surface area contributed by atoms with Gasteiger partial charge in [-0.15, -0.1) is 11.3 Å². The monoisotopic (exact) mass is 332 g/mol. The predicted molar refractivity (Wildman–Crippen MR) is 91.7 cm³/mol. The highest BCUT2D eigenvalue weighted by atomic mass is 32.1. The molecule has 0 fully saturated rings. The van der Waals surface area contributed by atoms with Gasteiger partial charge in [0, 0.05) is 17.5 Å². The van der Waals surface area contributed by atoms with Crippen molar-refractivity contribution in [2.75, 3.05) is 18.4 Å². The number of carbonyl (C=O) groups is 2. The van der Waals surface area contributed by atoms with Crippen LogP contribution >= 0.6 is 11.3 Å². The zero-order valence-electron chi connectivity index (χ0n) is 13.0. The summed E-state index contributed by atoms with van der Waals surface area (Å²) in [6.07, 6.45) is 1.54. The zero-order valence-corrected chi connectivity index (χ0v) is 13.8. The average molecular weight is 332 g/mol. The van der Waals surface area contributed by atoms with Crippen LogP contribution in [0, 0.1) is 0 Å². The maximum absolute atomic E-state index is 11.9. The van der Waals surface area contributed by atoms with Gasteiger partial charge in [0.1, 0.15) is 5.69 Å². The van der Waals surface area contributed by atoms with Crippen LogP contribution < -0.4 is 16.4 Å². The molecule has 0 unspecified atom stereocenters. The number of amides is 2. The first kappa shape index (κ1) is 17.1. The van der Waals surface area contributed by atoms with Gasteiger partial charge in [-0.05, 0) is 30.7 Å². The molecule has 7 heteroatoms. The van der Waals surface area contributed by atoms with Gasteiger partial charge in [-0.1, -0.05) is 19.1 Å². The summed E-state index contributed by atoms with van der Waals surface area (Å²) in [7, 11) is 0. The Morgan fingerprint density at radius 2 is 2.17 bits per heavy atom. The van der Waals surface area contributed by atoms with Gasteiger partial charge in [-0.25, -0.2) is 4.98 Å². The number of aryl methyl sites for hydroxylation is 1. The number of thiazole rings is 1. The SMILES string of the molecule is CCc1cccc(NC(=O)CNC(=O)c2csc(CCN)n2)c1. The summed E-state index contributed by atoms with van der Waals surface area (Å²) in [5, 5.41) is 7.81. The van der Waals surface area contributed by atoms with Crippen LogP contribution in [0.25, 0.3) is 0 Å². The summed E-state index contributed by atoms with van der Waals surface area (Å²) in [6, 6.07) is 7.62. The lowest BCUT2D eigenvalue weighted by atomic mass is 10.1. The molecule has 0 atom stereocenters. The Kier molecular flexibility index (Phi) is 6.25. The molecule has 2 amide bonds. The highest BCUT2D eigenvalue weighted by Gasteiger charge is 2.12. The molecule has 0 bridgehead atoms. The molecule has 23 heavy (non-hydrogen) atoms. The molecule has 0 saturated carbocycles. The van der Waals surface area contributed by atoms with Crippen molar-refractivity contribution in [3.63, 3.8) is 0 Å². The first-order valence-corrected chi connectivity index (χ1v) is 8.31. The fraction of sp³-hybridized carbons (Fsp3) is 0.312. The van der Waals surface area contributed by atoms with E-state index in [1.807, 2.05) is 31.2 Å². The molecule has 1 aromatic heterocycles. The summed E-state index contributed by atoms with van der Waals surface area (Å²) >= 11 is 1.39. The van der Waals surface area contributed by atoms with Crippen LogP contribution in [-0.2, 0) is 17.6 Å². The smallest absolute Gasteiger partial charge is 0.271 e. The second-order valence-electron chi connectivity index (χ2n) is 4.95. The van der Waals surface area contributed by atoms with Gasteiger partial charge in [0.05, 0.1) is 11.6 Å². The maximum Gasteiger partial charge on any atom is 0.271 e. The van der Waals surface area contributed by atoms with E-state index in [2.05, 4.69) is 15.6 Å². The van der Waals surface area contributed by atoms with E-state index in [1.165, 1.54) is 11.3 Å². The predicted octanol–water partition coefficient (Wildman–Crippen LogP) is 1.58. The van der Waals surface area contributed by atoms with Gasteiger partial charge in [-0.3, -0.25) is 9.59 Å². The maximum atomic E-state index is 11.9. The lowest BCUT2D eigenvalue weighted by molar-refractivity contribution is -0.115. The number of hydrogen-bond acceptors (Lipinski definition) is 5. The quantitative estimate of drug-likeness (QED) is 0.717. The molecular weight excluding hydrogens is 312 g/mol. The van der Waals surface area contributed by atoms with E-state index in [9.17, 15) is 9.59 Å². The molecule has 122 valence electrons. The first-order chi connectivity index (χ1) is 11.1. The second-order valence-corrected chi connectivity index (χ2v) is 5.89. The highest BCUT2D eigenvalue weighted by Crippen LogP contribution is 2.11. The molecule has 0 aliphatic carbocycles. The van der Waals surface area contributed by atoms with Crippen molar-refractivity contribution in [1.82, 2.24) is 10.3 Å². The van der Waals surface area contributed by atoms with Crippen LogP contribution in [0.3, 0.4) is 0 Å². The number of aromatic nitrogens is 1. The molecule has 2 rings (SSSR count). The standard InChI is InChI=1S/C16H20N4O2S/c1-2-11-4-3-5-12(8-11)19-14(21)9-18-16(22)13-10-23-15(20-13)6-7-17/h3-5,8,10H,2,6-7,9,17H2,1H3,(H,18,22)(H,19,21). The van der Waals surface area contributed by atoms with Crippen LogP contribution in [0.5, 0.6) is 0 Å². The Hall–Kier alpha value is -2.25. The van der Waals surface area contributed by atoms with Crippen LogP contribution in [0.15, 0.2) is 29.6 Å². The van der Waals surface area contributed by atoms with Crippen LogP contribution in [0.2, 0.25) is 0 Å². The van der Waals surface area contributed by atoms with Crippen molar-refractivity contribution in [1.29, 1.82) is 0 Å². The molecule has 0 aliphatic rings. The lowest BCUT2D eigenvalue weighted by Gasteiger charge is -2.07. The number of carbonyl (C=O) groups excluding carboxylic acids is 2. The molecule has 1 aromatic carbocycles. The molecule has 4 N–H and O–H groups in total. The highest BCUT2D eigenvalue weighted by molar-refractivity contribution is 7.09. The number of nitrogens with zero attached hydrogens (tertiary/aromatic N) is 1. The van der Waals surface area contributed by atoms with Crippen molar-refractivity contribution >= 4 is 28.8 Å². The zero-order chi connectivity index (χ0) is 16.7. The average Bonchev–Trinajstić information content (AvgIpc) is 3.02. The van der Waals surface area contributed by atoms with E-state index < -0.39 is 0 Å². The van der Waals surface area contributed by atoms with E-state index in [-0.39, 0.29) is 18.4 Å². The fourth-order valence-electron chi connectivity index (χ4n) is 1.98. The Labute approximate surface area is 139 Å². The Bertz CT molecular complexity index is 684. The number of nitrogens with two attached hydrogens (primary N) is 1. The van der Waals surface area contributed by atoms with E-state index in [1.54, 1.807) is 5.38 Å². The van der Waals surface area contributed by atoms with Gasteiger partial charge in [0.2, 0.25) is 5.91 Å². The lowest BCUT2D eigenvalue weighted by Crippen LogP contribution is -2.33. The summed E-state index contributed by atoms with van der Waals surface area (Å²) in [5.74, 6) is -0.633. The molecule has 2 aromatic rings. The summed E-state index contributed by atoms with van der Waals surface area (Å²) < 4.78 is 0. The Morgan fingerprint density at radius 3 is 2.91 bits per heavy atom. The summed E-state index contributed by atoms with van der Waals surface area (Å²) in [6.45, 7) is 2.45. The molecule has 0 saturated heterocycles. The number of rotatable bonds is 7. The van der Waals surface area contributed by atoms with Gasteiger partial charge in [-0.2, -0.15) is 0 Å². The molecule has 0 spiro atoms. The largest absolute Gasteiger partial charge is 0.342 e. The third kappa shape index (κ3) is 5.15. The van der Waals surface area contributed by atoms with Gasteiger partial charge >= 0.3 is 0 Å². The molecule has 1 heterocycles. The third-order valence-electron chi connectivity index (χ3n) is 3.17. The van der Waals surface area contributed by atoms with Crippen molar-refractivity contribution in [2.45, 2.75) is 19.8 Å². The normalized spacial score (nSPS) is 10.3. The first-order valence-electron chi connectivity index (χ1n) is 7.43. The van der Waals surface area contributed by atoms with Crippen molar-refractivity contribution in [2.24, 2.45) is 5.73 Å². The number of benzene rings is 1. The van der Waals surface area contributed by atoms with Crippen molar-refractivity contribution in [3.8, 4) is 0 Å². The van der Waals surface area contributed by atoms with Gasteiger partial charge in [0.25, 0.3) is 5.91 Å². The number of hydrogen-bond donors (Lipinski definition) is 3. The second kappa shape index (κ2) is 8.40. The summed E-state index contributed by atoms with van der Waals surface area (Å²) in [4.78, 5) is 28.0. The minimum Gasteiger partial charge on any atom is -0.342 e.